The lowest BCUT2D eigenvalue weighted by molar-refractivity contribution is 0.0858. The Morgan fingerprint density at radius 2 is 1.11 bits per heavy atom. The van der Waals surface area contributed by atoms with Gasteiger partial charge >= 0.3 is 0 Å². The zero-order valence-corrected chi connectivity index (χ0v) is 22.2. The molecule has 1 aliphatic rings. The highest BCUT2D eigenvalue weighted by molar-refractivity contribution is 5.98. The summed E-state index contributed by atoms with van der Waals surface area (Å²) in [5.74, 6) is 1.92. The molecule has 2 aromatic carbocycles. The van der Waals surface area contributed by atoms with Crippen LogP contribution in [0.5, 0.6) is 11.5 Å². The fourth-order valence-electron chi connectivity index (χ4n) is 4.34. The number of para-hydroxylation sites is 2. The van der Waals surface area contributed by atoms with E-state index in [0.29, 0.717) is 47.7 Å². The van der Waals surface area contributed by atoms with E-state index in [1.54, 1.807) is 12.1 Å². The Balaban J connectivity index is 1.65. The van der Waals surface area contributed by atoms with Gasteiger partial charge < -0.3 is 20.1 Å². The zero-order chi connectivity index (χ0) is 25.9. The molecule has 1 aliphatic carbocycles. The van der Waals surface area contributed by atoms with Gasteiger partial charge in [-0.15, -0.1) is 0 Å². The van der Waals surface area contributed by atoms with E-state index in [9.17, 15) is 9.59 Å². The van der Waals surface area contributed by atoms with E-state index < -0.39 is 0 Å². The van der Waals surface area contributed by atoms with Crippen LogP contribution in [0, 0.1) is 11.8 Å². The minimum Gasteiger partial charge on any atom is -0.493 e. The summed E-state index contributed by atoms with van der Waals surface area (Å²) in [7, 11) is 0. The molecule has 2 N–H and O–H groups in total. The largest absolute Gasteiger partial charge is 0.493 e. The molecule has 0 heterocycles. The second kappa shape index (κ2) is 13.9. The van der Waals surface area contributed by atoms with Gasteiger partial charge in [-0.2, -0.15) is 0 Å². The van der Waals surface area contributed by atoms with Gasteiger partial charge in [0.1, 0.15) is 11.5 Å². The van der Waals surface area contributed by atoms with Crippen molar-refractivity contribution in [2.24, 2.45) is 11.8 Å². The van der Waals surface area contributed by atoms with Crippen LogP contribution in [-0.2, 0) is 0 Å². The summed E-state index contributed by atoms with van der Waals surface area (Å²) < 4.78 is 11.8. The van der Waals surface area contributed by atoms with Gasteiger partial charge in [-0.25, -0.2) is 0 Å². The molecule has 0 spiro atoms. The Morgan fingerprint density at radius 1 is 0.722 bits per heavy atom. The molecule has 0 radical (unpaired) electrons. The molecule has 2 unspecified atom stereocenters. The predicted octanol–water partition coefficient (Wildman–Crippen LogP) is 6.01. The summed E-state index contributed by atoms with van der Waals surface area (Å²) in [5.41, 5.74) is 1.06. The van der Waals surface area contributed by atoms with Crippen molar-refractivity contribution < 1.29 is 19.1 Å². The molecule has 196 valence electrons. The minimum atomic E-state index is -0.168. The maximum Gasteiger partial charge on any atom is 0.255 e. The van der Waals surface area contributed by atoms with Crippen molar-refractivity contribution in [1.29, 1.82) is 0 Å². The van der Waals surface area contributed by atoms with E-state index in [2.05, 4.69) is 38.3 Å². The van der Waals surface area contributed by atoms with Crippen LogP contribution in [0.25, 0.3) is 0 Å². The molecule has 6 nitrogen and oxygen atoms in total. The Hall–Kier alpha value is -3.02. The second-order valence-electron chi connectivity index (χ2n) is 10.5. The van der Waals surface area contributed by atoms with Crippen molar-refractivity contribution in [3.63, 3.8) is 0 Å². The normalized spacial score (nSPS) is 17.6. The highest BCUT2D eigenvalue weighted by atomic mass is 16.5. The highest BCUT2D eigenvalue weighted by Crippen LogP contribution is 2.24. The van der Waals surface area contributed by atoms with E-state index in [4.69, 9.17) is 9.47 Å². The lowest BCUT2D eigenvalue weighted by Crippen LogP contribution is -2.53. The Morgan fingerprint density at radius 3 is 1.50 bits per heavy atom. The van der Waals surface area contributed by atoms with Gasteiger partial charge in [-0.05, 0) is 61.8 Å². The van der Waals surface area contributed by atoms with Crippen molar-refractivity contribution >= 4 is 11.8 Å². The molecule has 2 amide bonds. The zero-order valence-electron chi connectivity index (χ0n) is 22.2. The molecule has 6 heteroatoms. The minimum absolute atomic E-state index is 0.145. The first-order valence-electron chi connectivity index (χ1n) is 13.4. The standard InChI is InChI=1S/C30H42N2O4/c1-21(2)17-19-35-27-15-9-5-11-23(27)29(33)31-25-13-7-8-14-26(25)32-30(34)24-12-6-10-16-28(24)36-20-18-22(3)4/h5-6,9-12,15-16,21-22,25-26H,7-8,13-14,17-20H2,1-4H3,(H,31,33)(H,32,34). The SMILES string of the molecule is CC(C)CCOc1ccccc1C(=O)NC1CCCCC1NC(=O)c1ccccc1OCCC(C)C. The average molecular weight is 495 g/mol. The molecule has 0 aliphatic heterocycles. The molecule has 2 atom stereocenters. The van der Waals surface area contributed by atoms with Gasteiger partial charge in [-0.1, -0.05) is 64.8 Å². The van der Waals surface area contributed by atoms with Crippen molar-refractivity contribution in [3.8, 4) is 11.5 Å². The second-order valence-corrected chi connectivity index (χ2v) is 10.5. The molecule has 3 rings (SSSR count). The summed E-state index contributed by atoms with van der Waals surface area (Å²) >= 11 is 0. The number of carbonyl (C=O) groups excluding carboxylic acids is 2. The van der Waals surface area contributed by atoms with Gasteiger partial charge in [0, 0.05) is 12.1 Å². The molecular weight excluding hydrogens is 452 g/mol. The van der Waals surface area contributed by atoms with Crippen LogP contribution in [0.4, 0.5) is 0 Å². The quantitative estimate of drug-likeness (QED) is 0.379. The summed E-state index contributed by atoms with van der Waals surface area (Å²) in [5, 5.41) is 6.36. The Labute approximate surface area is 216 Å². The summed E-state index contributed by atoms with van der Waals surface area (Å²) in [4.78, 5) is 26.5. The first-order valence-corrected chi connectivity index (χ1v) is 13.4. The number of carbonyl (C=O) groups is 2. The van der Waals surface area contributed by atoms with Crippen LogP contribution in [0.15, 0.2) is 48.5 Å². The highest BCUT2D eigenvalue weighted by Gasteiger charge is 2.29. The smallest absolute Gasteiger partial charge is 0.255 e. The van der Waals surface area contributed by atoms with E-state index in [0.717, 1.165) is 38.5 Å². The maximum atomic E-state index is 13.2. The monoisotopic (exact) mass is 494 g/mol. The first-order chi connectivity index (χ1) is 17.3. The van der Waals surface area contributed by atoms with Gasteiger partial charge in [0.25, 0.3) is 11.8 Å². The fraction of sp³-hybridized carbons (Fsp3) is 0.533. The van der Waals surface area contributed by atoms with E-state index in [1.165, 1.54) is 0 Å². The number of benzene rings is 2. The third kappa shape index (κ3) is 8.28. The number of ether oxygens (including phenoxy) is 2. The van der Waals surface area contributed by atoms with Crippen LogP contribution in [0.1, 0.15) is 86.9 Å². The number of hydrogen-bond donors (Lipinski definition) is 2. The Kier molecular flexibility index (Phi) is 10.6. The summed E-state index contributed by atoms with van der Waals surface area (Å²) in [6, 6.07) is 14.4. The molecule has 0 bridgehead atoms. The molecular formula is C30H42N2O4. The molecule has 2 aromatic rings. The van der Waals surface area contributed by atoms with Gasteiger partial charge in [0.05, 0.1) is 24.3 Å². The third-order valence-corrected chi connectivity index (χ3v) is 6.57. The van der Waals surface area contributed by atoms with Gasteiger partial charge in [-0.3, -0.25) is 9.59 Å². The Bertz CT molecular complexity index is 909. The fourth-order valence-corrected chi connectivity index (χ4v) is 4.34. The van der Waals surface area contributed by atoms with E-state index in [-0.39, 0.29) is 23.9 Å². The van der Waals surface area contributed by atoms with Crippen molar-refractivity contribution in [3.05, 3.63) is 59.7 Å². The summed E-state index contributed by atoms with van der Waals surface area (Å²) in [6.07, 6.45) is 5.52. The lowest BCUT2D eigenvalue weighted by Gasteiger charge is -2.33. The van der Waals surface area contributed by atoms with Crippen LogP contribution >= 0.6 is 0 Å². The molecule has 36 heavy (non-hydrogen) atoms. The van der Waals surface area contributed by atoms with Crippen LogP contribution in [-0.4, -0.2) is 37.1 Å². The van der Waals surface area contributed by atoms with Crippen molar-refractivity contribution in [2.75, 3.05) is 13.2 Å². The molecule has 1 fully saturated rings. The van der Waals surface area contributed by atoms with Crippen molar-refractivity contribution in [1.82, 2.24) is 10.6 Å². The van der Waals surface area contributed by atoms with Crippen LogP contribution < -0.4 is 20.1 Å². The average Bonchev–Trinajstić information content (AvgIpc) is 2.85. The topological polar surface area (TPSA) is 76.7 Å². The van der Waals surface area contributed by atoms with Crippen LogP contribution in [0.2, 0.25) is 0 Å². The molecule has 0 aromatic heterocycles. The number of hydrogen-bond acceptors (Lipinski definition) is 4. The number of amides is 2. The number of rotatable bonds is 12. The number of nitrogens with one attached hydrogen (secondary N) is 2. The maximum absolute atomic E-state index is 13.2. The summed E-state index contributed by atoms with van der Waals surface area (Å²) in [6.45, 7) is 9.74. The first kappa shape index (κ1) is 27.6. The lowest BCUT2D eigenvalue weighted by atomic mass is 9.89. The van der Waals surface area contributed by atoms with Gasteiger partial charge in [0.2, 0.25) is 0 Å². The van der Waals surface area contributed by atoms with Crippen LogP contribution in [0.3, 0.4) is 0 Å². The van der Waals surface area contributed by atoms with E-state index in [1.807, 2.05) is 36.4 Å². The van der Waals surface area contributed by atoms with E-state index >= 15 is 0 Å². The third-order valence-electron chi connectivity index (χ3n) is 6.57. The van der Waals surface area contributed by atoms with Crippen molar-refractivity contribution in [2.45, 2.75) is 78.3 Å². The predicted molar refractivity (Wildman–Crippen MR) is 144 cm³/mol. The molecule has 0 saturated heterocycles. The van der Waals surface area contributed by atoms with Gasteiger partial charge in [0.15, 0.2) is 0 Å². The molecule has 1 saturated carbocycles.